The summed E-state index contributed by atoms with van der Waals surface area (Å²) in [6.45, 7) is 5.42. The fraction of sp³-hybridized carbons (Fsp3) is 0.200. The van der Waals surface area contributed by atoms with E-state index < -0.39 is 0 Å². The molecule has 0 atom stereocenters. The van der Waals surface area contributed by atoms with Crippen molar-refractivity contribution in [2.45, 2.75) is 6.92 Å². The van der Waals surface area contributed by atoms with Crippen LogP contribution in [0.3, 0.4) is 0 Å². The van der Waals surface area contributed by atoms with E-state index in [9.17, 15) is 0 Å². The second kappa shape index (κ2) is 8.99. The van der Waals surface area contributed by atoms with Gasteiger partial charge < -0.3 is 0 Å². The maximum Gasteiger partial charge on any atom is 2.00 e. The summed E-state index contributed by atoms with van der Waals surface area (Å²) in [7, 11) is 0. The Morgan fingerprint density at radius 2 is 2.00 bits per heavy atom. The first-order chi connectivity index (χ1) is 2.41. The normalized spacial score (nSPS) is 7.50. The summed E-state index contributed by atoms with van der Waals surface area (Å²) in [4.78, 5) is 0. The molecule has 0 N–H and O–H groups in total. The van der Waals surface area contributed by atoms with Gasteiger partial charge in [0.1, 0.15) is 0 Å². The predicted octanol–water partition coefficient (Wildman–Crippen LogP) is 1.37. The molecule has 0 saturated heterocycles. The molecule has 0 nitrogen and oxygen atoms in total. The second-order valence-corrected chi connectivity index (χ2v) is 0.761. The van der Waals surface area contributed by atoms with Crippen molar-refractivity contribution in [3.05, 3.63) is 24.8 Å². The van der Waals surface area contributed by atoms with Crippen molar-refractivity contribution in [3.8, 4) is 0 Å². The fourth-order valence-electron chi connectivity index (χ4n) is 0.136. The van der Waals surface area contributed by atoms with Gasteiger partial charge in [0.05, 0.1) is 0 Å². The van der Waals surface area contributed by atoms with Gasteiger partial charge in [0.25, 0.3) is 0 Å². The zero-order valence-electron chi connectivity index (χ0n) is 3.94. The number of hydrogen-bond acceptors (Lipinski definition) is 0. The van der Waals surface area contributed by atoms with Crippen LogP contribution in [0.15, 0.2) is 24.8 Å². The standard InChI is InChI=1S/C5H8.Sn/c1-3-5-4-2;/h3-5H,1H2,2H3;/q;+2. The molecule has 0 aliphatic carbocycles. The Kier molecular flexibility index (Phi) is 14.3. The van der Waals surface area contributed by atoms with Crippen molar-refractivity contribution in [3.63, 3.8) is 0 Å². The number of hydrogen-bond donors (Lipinski definition) is 0. The van der Waals surface area contributed by atoms with E-state index >= 15 is 0 Å². The third-order valence-corrected chi connectivity index (χ3v) is 0.329. The summed E-state index contributed by atoms with van der Waals surface area (Å²) in [5.74, 6) is 0. The molecule has 0 aromatic heterocycles. The van der Waals surface area contributed by atoms with E-state index in [2.05, 4.69) is 6.58 Å². The van der Waals surface area contributed by atoms with E-state index in [-0.39, 0.29) is 23.9 Å². The van der Waals surface area contributed by atoms with Gasteiger partial charge in [-0.05, 0) is 6.92 Å². The third-order valence-electron chi connectivity index (χ3n) is 0.329. The predicted molar refractivity (Wildman–Crippen MR) is 30.8 cm³/mol. The van der Waals surface area contributed by atoms with Crippen molar-refractivity contribution >= 4 is 23.9 Å². The van der Waals surface area contributed by atoms with Crippen molar-refractivity contribution in [2.75, 3.05) is 0 Å². The molecule has 2 radical (unpaired) electrons. The van der Waals surface area contributed by atoms with Crippen LogP contribution in [0.1, 0.15) is 6.92 Å². The molecule has 0 aliphatic heterocycles. The van der Waals surface area contributed by atoms with Crippen LogP contribution >= 0.6 is 0 Å². The molecule has 0 saturated carbocycles. The van der Waals surface area contributed by atoms with Crippen LogP contribution in [0.2, 0.25) is 0 Å². The minimum atomic E-state index is 0. The van der Waals surface area contributed by atoms with Gasteiger partial charge in [-0.2, -0.15) is 0 Å². The molecule has 6 heavy (non-hydrogen) atoms. The molecule has 0 aromatic carbocycles. The average Bonchev–Trinajstić information content (AvgIpc) is 1.41. The van der Waals surface area contributed by atoms with E-state index in [0.29, 0.717) is 0 Å². The second-order valence-electron chi connectivity index (χ2n) is 0.761. The molecule has 0 rings (SSSR count). The van der Waals surface area contributed by atoms with Crippen LogP contribution in [-0.2, 0) is 0 Å². The quantitative estimate of drug-likeness (QED) is 0.429. The molecule has 30 valence electrons. The molecule has 0 fully saturated rings. The van der Waals surface area contributed by atoms with Gasteiger partial charge in [0, 0.05) is 0 Å². The minimum Gasteiger partial charge on any atom is -0.0991 e. The molecule has 0 aliphatic rings. The smallest absolute Gasteiger partial charge is 0.0991 e. The van der Waals surface area contributed by atoms with Crippen LogP contribution < -0.4 is 0 Å². The summed E-state index contributed by atoms with van der Waals surface area (Å²) in [5, 5.41) is 0. The third kappa shape index (κ3) is 8.86. The molecule has 0 aromatic rings. The van der Waals surface area contributed by atoms with Crippen molar-refractivity contribution in [2.24, 2.45) is 0 Å². The van der Waals surface area contributed by atoms with E-state index in [0.717, 1.165) is 0 Å². The monoisotopic (exact) mass is 188 g/mol. The Morgan fingerprint density at radius 3 is 2.00 bits per heavy atom. The Bertz CT molecular complexity index is 45.9. The van der Waals surface area contributed by atoms with Gasteiger partial charge in [-0.25, -0.2) is 0 Å². The first-order valence-corrected chi connectivity index (χ1v) is 1.65. The van der Waals surface area contributed by atoms with Gasteiger partial charge in [-0.15, -0.1) is 0 Å². The Labute approximate surface area is 55.9 Å². The van der Waals surface area contributed by atoms with E-state index in [1.807, 2.05) is 19.1 Å². The zero-order chi connectivity index (χ0) is 4.12. The molecule has 0 amide bonds. The van der Waals surface area contributed by atoms with E-state index in [1.54, 1.807) is 6.08 Å². The van der Waals surface area contributed by atoms with Crippen molar-refractivity contribution in [1.82, 2.24) is 0 Å². The first-order valence-electron chi connectivity index (χ1n) is 1.65. The average molecular weight is 187 g/mol. The molecule has 0 spiro atoms. The minimum absolute atomic E-state index is 0. The topological polar surface area (TPSA) is 0 Å². The van der Waals surface area contributed by atoms with Crippen LogP contribution in [0.5, 0.6) is 0 Å². The Balaban J connectivity index is 0. The van der Waals surface area contributed by atoms with Gasteiger partial charge >= 0.3 is 23.9 Å². The van der Waals surface area contributed by atoms with E-state index in [1.165, 1.54) is 0 Å². The van der Waals surface area contributed by atoms with E-state index in [4.69, 9.17) is 0 Å². The molecule has 0 bridgehead atoms. The van der Waals surface area contributed by atoms with Gasteiger partial charge in [0.15, 0.2) is 0 Å². The Hall–Kier alpha value is 0.279. The van der Waals surface area contributed by atoms with Crippen molar-refractivity contribution in [1.29, 1.82) is 0 Å². The van der Waals surface area contributed by atoms with Crippen LogP contribution in [0, 0.1) is 0 Å². The summed E-state index contributed by atoms with van der Waals surface area (Å²) < 4.78 is 0. The maximum atomic E-state index is 3.46. The summed E-state index contributed by atoms with van der Waals surface area (Å²) in [6.07, 6.45) is 5.58. The zero-order valence-corrected chi connectivity index (χ0v) is 6.79. The van der Waals surface area contributed by atoms with Crippen molar-refractivity contribution < 1.29 is 0 Å². The van der Waals surface area contributed by atoms with Crippen LogP contribution in [-0.4, -0.2) is 23.9 Å². The maximum absolute atomic E-state index is 3.46. The first kappa shape index (κ1) is 9.56. The molecule has 0 heterocycles. The fourth-order valence-corrected chi connectivity index (χ4v) is 0.136. The van der Waals surface area contributed by atoms with Gasteiger partial charge in [-0.3, -0.25) is 0 Å². The molecule has 1 heteroatoms. The number of allylic oxidation sites excluding steroid dienone is 3. The van der Waals surface area contributed by atoms with Crippen LogP contribution in [0.4, 0.5) is 0 Å². The molecular weight excluding hydrogens is 179 g/mol. The Morgan fingerprint density at radius 1 is 1.50 bits per heavy atom. The number of rotatable bonds is 1. The largest absolute Gasteiger partial charge is 2.00 e. The summed E-state index contributed by atoms with van der Waals surface area (Å²) >= 11 is 0. The van der Waals surface area contributed by atoms with Gasteiger partial charge in [-0.1, -0.05) is 24.8 Å². The van der Waals surface area contributed by atoms with Gasteiger partial charge in [0.2, 0.25) is 0 Å². The molecule has 0 unspecified atom stereocenters. The molecular formula is C5H8Sn+2. The summed E-state index contributed by atoms with van der Waals surface area (Å²) in [5.41, 5.74) is 0. The summed E-state index contributed by atoms with van der Waals surface area (Å²) in [6, 6.07) is 0. The van der Waals surface area contributed by atoms with Crippen LogP contribution in [0.25, 0.3) is 0 Å². The SMILES string of the molecule is C=CC=CC.[Sn+2].